The van der Waals surface area contributed by atoms with E-state index in [0.717, 1.165) is 37.3 Å². The molecular weight excluding hydrogens is 523 g/mol. The minimum absolute atomic E-state index is 0.0500. The van der Waals surface area contributed by atoms with Gasteiger partial charge in [0.15, 0.2) is 5.78 Å². The average molecular weight is 556 g/mol. The highest BCUT2D eigenvalue weighted by Crippen LogP contribution is 2.23. The second-order valence-electron chi connectivity index (χ2n) is 9.61. The Kier molecular flexibility index (Phi) is 10.6. The molecule has 0 saturated carbocycles. The second-order valence-corrected chi connectivity index (χ2v) is 9.61. The largest absolute Gasteiger partial charge is 0.490 e. The molecule has 40 heavy (non-hydrogen) atoms. The fourth-order valence-corrected chi connectivity index (χ4v) is 4.29. The zero-order valence-electron chi connectivity index (χ0n) is 22.3. The SMILES string of the molecule is CC(=O)c1cccc(C(=O)NCc2cccc(-c3cccc(CN4CCN[C@@H](C)C4)c3)c2)c1.O=C(O)C(F)(F)F. The zero-order chi connectivity index (χ0) is 29.3. The van der Waals surface area contributed by atoms with E-state index in [-0.39, 0.29) is 11.7 Å². The summed E-state index contributed by atoms with van der Waals surface area (Å²) in [5.74, 6) is -2.99. The van der Waals surface area contributed by atoms with Crippen molar-refractivity contribution in [3.05, 3.63) is 95.1 Å². The Bertz CT molecular complexity index is 1340. The van der Waals surface area contributed by atoms with Crippen LogP contribution in [0.1, 0.15) is 45.7 Å². The number of nitrogens with zero attached hydrogens (tertiary/aromatic N) is 1. The van der Waals surface area contributed by atoms with Crippen LogP contribution in [0.15, 0.2) is 72.8 Å². The van der Waals surface area contributed by atoms with E-state index in [2.05, 4.69) is 58.9 Å². The number of Topliss-reactive ketones (excluding diaryl/α,β-unsaturated/α-hetero) is 1. The van der Waals surface area contributed by atoms with Crippen LogP contribution < -0.4 is 10.6 Å². The van der Waals surface area contributed by atoms with Crippen molar-refractivity contribution in [1.29, 1.82) is 0 Å². The maximum atomic E-state index is 12.6. The van der Waals surface area contributed by atoms with Crippen molar-refractivity contribution in [3.63, 3.8) is 0 Å². The molecular formula is C30H32F3N3O4. The third-order valence-corrected chi connectivity index (χ3v) is 6.27. The molecule has 1 aliphatic rings. The normalized spacial score (nSPS) is 15.5. The number of piperazine rings is 1. The molecule has 0 radical (unpaired) electrons. The minimum Gasteiger partial charge on any atom is -0.475 e. The number of halogens is 3. The van der Waals surface area contributed by atoms with Crippen LogP contribution in [0.25, 0.3) is 11.1 Å². The van der Waals surface area contributed by atoms with Crippen LogP contribution >= 0.6 is 0 Å². The quantitative estimate of drug-likeness (QED) is 0.359. The summed E-state index contributed by atoms with van der Waals surface area (Å²) >= 11 is 0. The molecule has 1 heterocycles. The Morgan fingerprint density at radius 3 is 2.12 bits per heavy atom. The number of nitrogens with one attached hydrogen (secondary N) is 2. The smallest absolute Gasteiger partial charge is 0.475 e. The molecule has 4 rings (SSSR count). The zero-order valence-corrected chi connectivity index (χ0v) is 22.3. The number of benzene rings is 3. The lowest BCUT2D eigenvalue weighted by Gasteiger charge is -2.31. The fraction of sp³-hybridized carbons (Fsp3) is 0.300. The summed E-state index contributed by atoms with van der Waals surface area (Å²) in [5.41, 5.74) is 5.69. The molecule has 1 atom stereocenters. The number of carboxylic acids is 1. The van der Waals surface area contributed by atoms with Gasteiger partial charge in [-0.3, -0.25) is 14.5 Å². The van der Waals surface area contributed by atoms with Gasteiger partial charge >= 0.3 is 12.1 Å². The predicted octanol–water partition coefficient (Wildman–Crippen LogP) is 4.91. The summed E-state index contributed by atoms with van der Waals surface area (Å²) < 4.78 is 31.7. The number of hydrogen-bond donors (Lipinski definition) is 3. The number of amides is 1. The van der Waals surface area contributed by atoms with Crippen molar-refractivity contribution in [1.82, 2.24) is 15.5 Å². The number of ketones is 1. The Balaban J connectivity index is 0.000000559. The van der Waals surface area contributed by atoms with Gasteiger partial charge in [0, 0.05) is 49.9 Å². The number of carboxylic acid groups (broad SMARTS) is 1. The summed E-state index contributed by atoms with van der Waals surface area (Å²) in [6.45, 7) is 8.28. The van der Waals surface area contributed by atoms with E-state index in [0.29, 0.717) is 23.7 Å². The maximum Gasteiger partial charge on any atom is 0.490 e. The maximum absolute atomic E-state index is 12.6. The number of alkyl halides is 3. The first-order valence-electron chi connectivity index (χ1n) is 12.8. The summed E-state index contributed by atoms with van der Waals surface area (Å²) in [7, 11) is 0. The molecule has 0 aromatic heterocycles. The minimum atomic E-state index is -5.08. The van der Waals surface area contributed by atoms with Crippen molar-refractivity contribution in [2.45, 2.75) is 39.2 Å². The lowest BCUT2D eigenvalue weighted by atomic mass is 10.0. The molecule has 1 saturated heterocycles. The summed E-state index contributed by atoms with van der Waals surface area (Å²) in [5, 5.41) is 13.6. The van der Waals surface area contributed by atoms with E-state index in [1.165, 1.54) is 18.1 Å². The Hall–Kier alpha value is -4.02. The second kappa shape index (κ2) is 13.9. The van der Waals surface area contributed by atoms with E-state index >= 15 is 0 Å². The lowest BCUT2D eigenvalue weighted by molar-refractivity contribution is -0.192. The molecule has 1 fully saturated rings. The van der Waals surface area contributed by atoms with Crippen molar-refractivity contribution in [2.75, 3.05) is 19.6 Å². The first kappa shape index (κ1) is 30.5. The Labute approximate surface area is 231 Å². The van der Waals surface area contributed by atoms with Crippen LogP contribution in [0.2, 0.25) is 0 Å². The van der Waals surface area contributed by atoms with Gasteiger partial charge in [-0.05, 0) is 60.4 Å². The van der Waals surface area contributed by atoms with Gasteiger partial charge in [-0.25, -0.2) is 4.79 Å². The first-order valence-corrected chi connectivity index (χ1v) is 12.8. The van der Waals surface area contributed by atoms with E-state index in [1.807, 2.05) is 12.1 Å². The van der Waals surface area contributed by atoms with Gasteiger partial charge in [-0.15, -0.1) is 0 Å². The number of aliphatic carboxylic acids is 1. The van der Waals surface area contributed by atoms with Crippen LogP contribution in [-0.4, -0.2) is 59.5 Å². The van der Waals surface area contributed by atoms with Crippen LogP contribution in [0.5, 0.6) is 0 Å². The lowest BCUT2D eigenvalue weighted by Crippen LogP contribution is -2.48. The number of rotatable bonds is 7. The van der Waals surface area contributed by atoms with Crippen molar-refractivity contribution < 1.29 is 32.7 Å². The highest BCUT2D eigenvalue weighted by atomic mass is 19.4. The fourth-order valence-electron chi connectivity index (χ4n) is 4.29. The molecule has 0 unspecified atom stereocenters. The van der Waals surface area contributed by atoms with Gasteiger partial charge in [0.25, 0.3) is 5.91 Å². The number of carbonyl (C=O) groups excluding carboxylic acids is 2. The van der Waals surface area contributed by atoms with Crippen molar-refractivity contribution in [3.8, 4) is 11.1 Å². The monoisotopic (exact) mass is 555 g/mol. The van der Waals surface area contributed by atoms with Crippen molar-refractivity contribution >= 4 is 17.7 Å². The third kappa shape index (κ3) is 9.32. The van der Waals surface area contributed by atoms with Crippen molar-refractivity contribution in [2.24, 2.45) is 0 Å². The van der Waals surface area contributed by atoms with Crippen LogP contribution in [0.4, 0.5) is 13.2 Å². The molecule has 10 heteroatoms. The molecule has 3 aromatic rings. The molecule has 0 spiro atoms. The molecule has 3 N–H and O–H groups in total. The van der Waals surface area contributed by atoms with Gasteiger partial charge in [-0.1, -0.05) is 48.5 Å². The van der Waals surface area contributed by atoms with Gasteiger partial charge in [0.05, 0.1) is 0 Å². The van der Waals surface area contributed by atoms with Gasteiger partial charge in [-0.2, -0.15) is 13.2 Å². The number of carbonyl (C=O) groups is 3. The van der Waals surface area contributed by atoms with Crippen LogP contribution in [0, 0.1) is 0 Å². The van der Waals surface area contributed by atoms with Crippen LogP contribution in [0.3, 0.4) is 0 Å². The molecule has 212 valence electrons. The Morgan fingerprint density at radius 2 is 1.52 bits per heavy atom. The first-order chi connectivity index (χ1) is 18.9. The number of hydrogen-bond acceptors (Lipinski definition) is 5. The average Bonchev–Trinajstić information content (AvgIpc) is 2.92. The molecule has 0 aliphatic carbocycles. The van der Waals surface area contributed by atoms with E-state index < -0.39 is 12.1 Å². The highest BCUT2D eigenvalue weighted by Gasteiger charge is 2.38. The highest BCUT2D eigenvalue weighted by molar-refractivity contribution is 5.99. The molecule has 1 aliphatic heterocycles. The molecule has 0 bridgehead atoms. The van der Waals surface area contributed by atoms with E-state index in [4.69, 9.17) is 9.90 Å². The Morgan fingerprint density at radius 1 is 0.950 bits per heavy atom. The molecule has 1 amide bonds. The standard InChI is InChI=1S/C28H31N3O2.C2HF3O2/c1-20-18-31(13-12-29-20)19-23-7-4-10-26(15-23)25-9-3-6-22(14-25)17-30-28(33)27-11-5-8-24(16-27)21(2)32;3-2(4,5)1(6)7/h3-11,14-16,20,29H,12-13,17-19H2,1-2H3,(H,30,33);(H,6,7)/t20-;/m0./s1. The van der Waals surface area contributed by atoms with E-state index in [9.17, 15) is 22.8 Å². The topological polar surface area (TPSA) is 98.7 Å². The summed E-state index contributed by atoms with van der Waals surface area (Å²) in [4.78, 5) is 35.5. The molecule has 3 aromatic carbocycles. The summed E-state index contributed by atoms with van der Waals surface area (Å²) in [6, 6.07) is 24.3. The van der Waals surface area contributed by atoms with Gasteiger partial charge < -0.3 is 15.7 Å². The van der Waals surface area contributed by atoms with Gasteiger partial charge in [0.1, 0.15) is 0 Å². The summed E-state index contributed by atoms with van der Waals surface area (Å²) in [6.07, 6.45) is -5.08. The molecule has 7 nitrogen and oxygen atoms in total. The predicted molar refractivity (Wildman–Crippen MR) is 146 cm³/mol. The van der Waals surface area contributed by atoms with E-state index in [1.54, 1.807) is 24.3 Å². The van der Waals surface area contributed by atoms with Crippen LogP contribution in [-0.2, 0) is 17.9 Å². The van der Waals surface area contributed by atoms with Gasteiger partial charge in [0.2, 0.25) is 0 Å². The third-order valence-electron chi connectivity index (χ3n) is 6.27.